The van der Waals surface area contributed by atoms with Gasteiger partial charge in [0.2, 0.25) is 17.7 Å². The van der Waals surface area contributed by atoms with E-state index in [2.05, 4.69) is 16.0 Å². The molecule has 1 aromatic rings. The van der Waals surface area contributed by atoms with Gasteiger partial charge in [0.05, 0.1) is 6.42 Å². The predicted octanol–water partition coefficient (Wildman–Crippen LogP) is 1.26. The SMILES string of the molecule is CC(C)C(=O)NCCNC(=O)C(NC(=O)Cc1ccccc1)C(C)C. The van der Waals surface area contributed by atoms with Gasteiger partial charge in [0.1, 0.15) is 6.04 Å². The van der Waals surface area contributed by atoms with E-state index in [1.807, 2.05) is 58.0 Å². The zero-order chi connectivity index (χ0) is 18.8. The first-order valence-electron chi connectivity index (χ1n) is 8.70. The number of benzene rings is 1. The van der Waals surface area contributed by atoms with Gasteiger partial charge in [0, 0.05) is 19.0 Å². The van der Waals surface area contributed by atoms with E-state index in [-0.39, 0.29) is 36.0 Å². The predicted molar refractivity (Wildman–Crippen MR) is 97.8 cm³/mol. The Kier molecular flexibility index (Phi) is 8.67. The van der Waals surface area contributed by atoms with Crippen LogP contribution in [0.1, 0.15) is 33.3 Å². The van der Waals surface area contributed by atoms with Crippen molar-refractivity contribution in [2.75, 3.05) is 13.1 Å². The summed E-state index contributed by atoms with van der Waals surface area (Å²) in [7, 11) is 0. The van der Waals surface area contributed by atoms with Crippen molar-refractivity contribution in [2.24, 2.45) is 11.8 Å². The van der Waals surface area contributed by atoms with Crippen LogP contribution in [0.4, 0.5) is 0 Å². The Bertz CT molecular complexity index is 571. The minimum Gasteiger partial charge on any atom is -0.354 e. The van der Waals surface area contributed by atoms with Gasteiger partial charge in [-0.3, -0.25) is 14.4 Å². The Morgan fingerprint density at radius 2 is 1.44 bits per heavy atom. The van der Waals surface area contributed by atoms with Crippen molar-refractivity contribution in [3.63, 3.8) is 0 Å². The molecule has 0 saturated heterocycles. The molecule has 0 heterocycles. The molecule has 0 bridgehead atoms. The van der Waals surface area contributed by atoms with E-state index >= 15 is 0 Å². The van der Waals surface area contributed by atoms with Crippen molar-refractivity contribution >= 4 is 17.7 Å². The van der Waals surface area contributed by atoms with Crippen LogP contribution < -0.4 is 16.0 Å². The number of hydrogen-bond acceptors (Lipinski definition) is 3. The quantitative estimate of drug-likeness (QED) is 0.588. The van der Waals surface area contributed by atoms with Crippen LogP contribution in [0.2, 0.25) is 0 Å². The molecule has 1 aromatic carbocycles. The summed E-state index contributed by atoms with van der Waals surface area (Å²) < 4.78 is 0. The zero-order valence-corrected chi connectivity index (χ0v) is 15.5. The molecule has 6 heteroatoms. The van der Waals surface area contributed by atoms with Crippen molar-refractivity contribution in [2.45, 2.75) is 40.2 Å². The maximum absolute atomic E-state index is 12.3. The van der Waals surface area contributed by atoms with Crippen LogP contribution >= 0.6 is 0 Å². The smallest absolute Gasteiger partial charge is 0.242 e. The minimum atomic E-state index is -0.600. The molecule has 0 aliphatic heterocycles. The molecule has 1 unspecified atom stereocenters. The van der Waals surface area contributed by atoms with Gasteiger partial charge in [-0.1, -0.05) is 58.0 Å². The van der Waals surface area contributed by atoms with Gasteiger partial charge in [-0.15, -0.1) is 0 Å². The second-order valence-corrected chi connectivity index (χ2v) is 6.69. The third-order valence-corrected chi connectivity index (χ3v) is 3.72. The van der Waals surface area contributed by atoms with Crippen LogP contribution in [-0.4, -0.2) is 36.9 Å². The van der Waals surface area contributed by atoms with Crippen LogP contribution in [0.15, 0.2) is 30.3 Å². The van der Waals surface area contributed by atoms with E-state index in [0.29, 0.717) is 13.1 Å². The minimum absolute atomic E-state index is 0.0371. The molecule has 6 nitrogen and oxygen atoms in total. The highest BCUT2D eigenvalue weighted by Gasteiger charge is 2.23. The Labute approximate surface area is 149 Å². The van der Waals surface area contributed by atoms with Gasteiger partial charge in [-0.05, 0) is 11.5 Å². The number of nitrogens with one attached hydrogen (secondary N) is 3. The summed E-state index contributed by atoms with van der Waals surface area (Å²) in [5, 5.41) is 8.29. The summed E-state index contributed by atoms with van der Waals surface area (Å²) in [4.78, 5) is 36.0. The topological polar surface area (TPSA) is 87.3 Å². The molecule has 0 radical (unpaired) electrons. The number of hydrogen-bond donors (Lipinski definition) is 3. The van der Waals surface area contributed by atoms with Crippen LogP contribution in [0.5, 0.6) is 0 Å². The van der Waals surface area contributed by atoms with E-state index in [0.717, 1.165) is 5.56 Å². The van der Waals surface area contributed by atoms with Crippen molar-refractivity contribution in [1.82, 2.24) is 16.0 Å². The van der Waals surface area contributed by atoms with Gasteiger partial charge in [-0.2, -0.15) is 0 Å². The highest BCUT2D eigenvalue weighted by Crippen LogP contribution is 2.04. The average molecular weight is 347 g/mol. The molecule has 3 amide bonds. The molecule has 25 heavy (non-hydrogen) atoms. The van der Waals surface area contributed by atoms with E-state index in [9.17, 15) is 14.4 Å². The standard InChI is InChI=1S/C19H29N3O3/c1-13(2)17(19(25)21-11-10-20-18(24)14(3)4)22-16(23)12-15-8-6-5-7-9-15/h5-9,13-14,17H,10-12H2,1-4H3,(H,20,24)(H,21,25)(H,22,23). The largest absolute Gasteiger partial charge is 0.354 e. The molecular weight excluding hydrogens is 318 g/mol. The maximum atomic E-state index is 12.3. The van der Waals surface area contributed by atoms with Crippen molar-refractivity contribution in [3.05, 3.63) is 35.9 Å². The third-order valence-electron chi connectivity index (χ3n) is 3.72. The first-order chi connectivity index (χ1) is 11.8. The molecular formula is C19H29N3O3. The molecule has 0 saturated carbocycles. The Hall–Kier alpha value is -2.37. The van der Waals surface area contributed by atoms with Crippen LogP contribution in [-0.2, 0) is 20.8 Å². The van der Waals surface area contributed by atoms with Crippen molar-refractivity contribution in [3.8, 4) is 0 Å². The fourth-order valence-electron chi connectivity index (χ4n) is 2.23. The van der Waals surface area contributed by atoms with Gasteiger partial charge in [0.15, 0.2) is 0 Å². The first kappa shape index (κ1) is 20.7. The Morgan fingerprint density at radius 1 is 0.880 bits per heavy atom. The first-order valence-corrected chi connectivity index (χ1v) is 8.70. The Balaban J connectivity index is 2.45. The normalized spacial score (nSPS) is 11.9. The monoisotopic (exact) mass is 347 g/mol. The fourth-order valence-corrected chi connectivity index (χ4v) is 2.23. The molecule has 1 atom stereocenters. The second kappa shape index (κ2) is 10.5. The molecule has 0 spiro atoms. The average Bonchev–Trinajstić information content (AvgIpc) is 2.56. The lowest BCUT2D eigenvalue weighted by Crippen LogP contribution is -2.51. The lowest BCUT2D eigenvalue weighted by molar-refractivity contribution is -0.129. The van der Waals surface area contributed by atoms with Crippen molar-refractivity contribution < 1.29 is 14.4 Å². The summed E-state index contributed by atoms with van der Waals surface area (Å²) in [5.41, 5.74) is 0.902. The van der Waals surface area contributed by atoms with Crippen LogP contribution in [0.3, 0.4) is 0 Å². The highest BCUT2D eigenvalue weighted by molar-refractivity contribution is 5.88. The van der Waals surface area contributed by atoms with Gasteiger partial charge < -0.3 is 16.0 Å². The van der Waals surface area contributed by atoms with Gasteiger partial charge in [0.25, 0.3) is 0 Å². The van der Waals surface area contributed by atoms with E-state index < -0.39 is 6.04 Å². The number of rotatable bonds is 9. The summed E-state index contributed by atoms with van der Waals surface area (Å²) in [5.74, 6) is -0.601. The summed E-state index contributed by atoms with van der Waals surface area (Å²) in [6.45, 7) is 8.08. The molecule has 138 valence electrons. The zero-order valence-electron chi connectivity index (χ0n) is 15.5. The molecule has 1 rings (SSSR count). The lowest BCUT2D eigenvalue weighted by Gasteiger charge is -2.22. The number of amides is 3. The van der Waals surface area contributed by atoms with E-state index in [1.165, 1.54) is 0 Å². The third kappa shape index (κ3) is 7.83. The Morgan fingerprint density at radius 3 is 1.96 bits per heavy atom. The van der Waals surface area contributed by atoms with E-state index in [1.54, 1.807) is 0 Å². The van der Waals surface area contributed by atoms with Gasteiger partial charge in [-0.25, -0.2) is 0 Å². The molecule has 0 fully saturated rings. The number of carbonyl (C=O) groups is 3. The lowest BCUT2D eigenvalue weighted by atomic mass is 10.0. The van der Waals surface area contributed by atoms with Crippen LogP contribution in [0, 0.1) is 11.8 Å². The van der Waals surface area contributed by atoms with E-state index in [4.69, 9.17) is 0 Å². The van der Waals surface area contributed by atoms with Crippen molar-refractivity contribution in [1.29, 1.82) is 0 Å². The summed E-state index contributed by atoms with van der Waals surface area (Å²) in [6.07, 6.45) is 0.238. The second-order valence-electron chi connectivity index (χ2n) is 6.69. The summed E-state index contributed by atoms with van der Waals surface area (Å²) >= 11 is 0. The van der Waals surface area contributed by atoms with Crippen LogP contribution in [0.25, 0.3) is 0 Å². The fraction of sp³-hybridized carbons (Fsp3) is 0.526. The summed E-state index contributed by atoms with van der Waals surface area (Å²) in [6, 6.07) is 8.80. The number of carbonyl (C=O) groups excluding carboxylic acids is 3. The molecule has 0 aromatic heterocycles. The molecule has 0 aliphatic rings. The molecule has 0 aliphatic carbocycles. The molecule has 3 N–H and O–H groups in total. The highest BCUT2D eigenvalue weighted by atomic mass is 16.2. The maximum Gasteiger partial charge on any atom is 0.242 e. The van der Waals surface area contributed by atoms with Gasteiger partial charge >= 0.3 is 0 Å².